The van der Waals surface area contributed by atoms with Gasteiger partial charge in [0.25, 0.3) is 0 Å². The van der Waals surface area contributed by atoms with Crippen molar-refractivity contribution in [1.29, 1.82) is 0 Å². The van der Waals surface area contributed by atoms with Gasteiger partial charge in [0.05, 0.1) is 5.69 Å². The molecule has 1 saturated carbocycles. The Labute approximate surface area is 213 Å². The lowest BCUT2D eigenvalue weighted by molar-refractivity contribution is -0.117. The minimum absolute atomic E-state index is 0.0908. The Morgan fingerprint density at radius 2 is 1.97 bits per heavy atom. The highest BCUT2D eigenvalue weighted by atomic mass is 32.2. The van der Waals surface area contributed by atoms with Crippen LogP contribution in [0.2, 0.25) is 0 Å². The minimum atomic E-state index is -4.12. The quantitative estimate of drug-likeness (QED) is 0.356. The topological polar surface area (TPSA) is 140 Å². The fraction of sp³-hybridized carbons (Fsp3) is 0.320. The average molecular weight is 531 g/mol. The van der Waals surface area contributed by atoms with Crippen molar-refractivity contribution in [2.24, 2.45) is 5.92 Å². The Balaban J connectivity index is 1.82. The van der Waals surface area contributed by atoms with Crippen LogP contribution in [0.5, 0.6) is 11.6 Å². The number of sulfonamides is 1. The van der Waals surface area contributed by atoms with Crippen LogP contribution < -0.4 is 14.8 Å². The number of carbonyl (C=O) groups excluding carboxylic acids is 1. The van der Waals surface area contributed by atoms with Crippen LogP contribution in [-0.2, 0) is 14.8 Å². The van der Waals surface area contributed by atoms with Crippen LogP contribution in [0.15, 0.2) is 47.4 Å². The third-order valence-electron chi connectivity index (χ3n) is 5.95. The molecule has 2 aromatic carbocycles. The number of nitrogens with one attached hydrogen (secondary N) is 2. The van der Waals surface area contributed by atoms with Crippen LogP contribution in [-0.4, -0.2) is 41.2 Å². The molecule has 0 saturated heterocycles. The molecule has 1 unspecified atom stereocenters. The summed E-state index contributed by atoms with van der Waals surface area (Å²) in [6.45, 7) is 4.99. The zero-order valence-electron chi connectivity index (χ0n) is 20.5. The fourth-order valence-corrected chi connectivity index (χ4v) is 5.05. The van der Waals surface area contributed by atoms with Gasteiger partial charge in [-0.2, -0.15) is 9.78 Å². The molecule has 1 fully saturated rings. The van der Waals surface area contributed by atoms with Crippen molar-refractivity contribution in [1.82, 2.24) is 14.5 Å². The van der Waals surface area contributed by atoms with Crippen molar-refractivity contribution in [2.75, 3.05) is 5.32 Å². The molecule has 37 heavy (non-hydrogen) atoms. The van der Waals surface area contributed by atoms with E-state index >= 15 is 0 Å². The molecule has 0 bridgehead atoms. The van der Waals surface area contributed by atoms with E-state index in [1.807, 2.05) is 6.92 Å². The molecule has 0 aliphatic heterocycles. The number of ether oxygens (including phenoxy) is 1. The van der Waals surface area contributed by atoms with E-state index in [0.29, 0.717) is 6.42 Å². The van der Waals surface area contributed by atoms with Gasteiger partial charge in [0.15, 0.2) is 5.69 Å². The van der Waals surface area contributed by atoms with Crippen molar-refractivity contribution < 1.29 is 32.2 Å². The highest BCUT2D eigenvalue weighted by Crippen LogP contribution is 2.36. The molecule has 196 valence electrons. The van der Waals surface area contributed by atoms with E-state index in [1.54, 1.807) is 6.92 Å². The second kappa shape index (κ2) is 10.3. The van der Waals surface area contributed by atoms with E-state index in [0.717, 1.165) is 23.6 Å². The molecule has 3 aromatic rings. The van der Waals surface area contributed by atoms with E-state index in [-0.39, 0.29) is 57.0 Å². The molecule has 12 heteroatoms. The van der Waals surface area contributed by atoms with Crippen LogP contribution in [0.3, 0.4) is 0 Å². The van der Waals surface area contributed by atoms with Gasteiger partial charge >= 0.3 is 5.97 Å². The van der Waals surface area contributed by atoms with Crippen LogP contribution in [0.4, 0.5) is 10.1 Å². The third-order valence-corrected chi connectivity index (χ3v) is 7.56. The second-order valence-corrected chi connectivity index (χ2v) is 10.6. The number of rotatable bonds is 10. The summed E-state index contributed by atoms with van der Waals surface area (Å²) in [5, 5.41) is 16.4. The maximum atomic E-state index is 13.9. The fourth-order valence-electron chi connectivity index (χ4n) is 3.57. The van der Waals surface area contributed by atoms with Crippen LogP contribution in [0.25, 0.3) is 5.69 Å². The van der Waals surface area contributed by atoms with Gasteiger partial charge in [-0.05, 0) is 69.5 Å². The lowest BCUT2D eigenvalue weighted by Crippen LogP contribution is -2.32. The summed E-state index contributed by atoms with van der Waals surface area (Å²) >= 11 is 0. The van der Waals surface area contributed by atoms with Crippen LogP contribution in [0.1, 0.15) is 49.2 Å². The van der Waals surface area contributed by atoms with Crippen molar-refractivity contribution >= 4 is 27.6 Å². The van der Waals surface area contributed by atoms with Crippen molar-refractivity contribution in [3.63, 3.8) is 0 Å². The summed E-state index contributed by atoms with van der Waals surface area (Å²) in [6, 6.07) is 9.06. The molecular weight excluding hydrogens is 503 g/mol. The summed E-state index contributed by atoms with van der Waals surface area (Å²) in [7, 11) is -4.12. The molecule has 1 aliphatic carbocycles. The zero-order chi connectivity index (χ0) is 26.9. The summed E-state index contributed by atoms with van der Waals surface area (Å²) in [5.74, 6) is -2.42. The van der Waals surface area contributed by atoms with Crippen molar-refractivity contribution in [3.05, 3.63) is 59.5 Å². The lowest BCUT2D eigenvalue weighted by atomic mass is 10.2. The Morgan fingerprint density at radius 3 is 2.59 bits per heavy atom. The maximum absolute atomic E-state index is 13.9. The molecule has 4 rings (SSSR count). The first-order chi connectivity index (χ1) is 17.5. The number of aromatic carboxylic acids is 1. The van der Waals surface area contributed by atoms with Crippen molar-refractivity contribution in [2.45, 2.75) is 51.0 Å². The van der Waals surface area contributed by atoms with Gasteiger partial charge < -0.3 is 15.2 Å². The Morgan fingerprint density at radius 1 is 1.24 bits per heavy atom. The molecule has 1 amide bonds. The predicted molar refractivity (Wildman–Crippen MR) is 133 cm³/mol. The number of hydrogen-bond acceptors (Lipinski definition) is 6. The number of aromatic nitrogens is 2. The highest BCUT2D eigenvalue weighted by Gasteiger charge is 2.31. The first-order valence-corrected chi connectivity index (χ1v) is 13.2. The van der Waals surface area contributed by atoms with Gasteiger partial charge in [0.1, 0.15) is 16.5 Å². The van der Waals surface area contributed by atoms with E-state index in [4.69, 9.17) is 4.74 Å². The highest BCUT2D eigenvalue weighted by molar-refractivity contribution is 7.89. The number of hydrogen-bond donors (Lipinski definition) is 3. The molecule has 1 atom stereocenters. The normalized spacial score (nSPS) is 14.3. The van der Waals surface area contributed by atoms with E-state index in [1.165, 1.54) is 43.3 Å². The minimum Gasteiger partial charge on any atom is -0.476 e. The van der Waals surface area contributed by atoms with E-state index in [9.17, 15) is 27.5 Å². The summed E-state index contributed by atoms with van der Waals surface area (Å²) in [5.41, 5.74) is 0.229. The molecule has 1 aliphatic rings. The summed E-state index contributed by atoms with van der Waals surface area (Å²) in [4.78, 5) is 23.8. The number of carboxylic acid groups (broad SMARTS) is 1. The standard InChI is InChI=1S/C25H27FN4O6S/c1-4-14(2)29-37(34,35)21-13-18(27-23(31)16-8-9-16)10-11-20(21)36-24-15(3)22(25(32)33)28-30(24)19-7-5-6-17(26)12-19/h5-7,10-14,16,29H,4,8-9H2,1-3H3,(H,27,31)(H,32,33). The van der Waals surface area contributed by atoms with Crippen LogP contribution >= 0.6 is 0 Å². The van der Waals surface area contributed by atoms with Gasteiger partial charge in [0, 0.05) is 23.2 Å². The zero-order valence-corrected chi connectivity index (χ0v) is 21.3. The molecular formula is C25H27FN4O6S. The van der Waals surface area contributed by atoms with Crippen LogP contribution in [0, 0.1) is 18.7 Å². The number of anilines is 1. The SMILES string of the molecule is CCC(C)NS(=O)(=O)c1cc(NC(=O)C2CC2)ccc1Oc1c(C)c(C(=O)O)nn1-c1cccc(F)c1. The molecule has 1 heterocycles. The van der Waals surface area contributed by atoms with E-state index in [2.05, 4.69) is 15.1 Å². The molecule has 0 spiro atoms. The lowest BCUT2D eigenvalue weighted by Gasteiger charge is -2.17. The smallest absolute Gasteiger partial charge is 0.356 e. The number of halogens is 1. The predicted octanol–water partition coefficient (Wildman–Crippen LogP) is 4.24. The second-order valence-electron chi connectivity index (χ2n) is 8.93. The summed E-state index contributed by atoms with van der Waals surface area (Å²) in [6.07, 6.45) is 2.09. The Kier molecular flexibility index (Phi) is 7.32. The third kappa shape index (κ3) is 5.81. The number of carbonyl (C=O) groups is 2. The largest absolute Gasteiger partial charge is 0.476 e. The Hall–Kier alpha value is -3.77. The number of carboxylic acids is 1. The van der Waals surface area contributed by atoms with Gasteiger partial charge in [-0.25, -0.2) is 22.3 Å². The van der Waals surface area contributed by atoms with Gasteiger partial charge in [-0.1, -0.05) is 13.0 Å². The number of amides is 1. The maximum Gasteiger partial charge on any atom is 0.356 e. The first-order valence-electron chi connectivity index (χ1n) is 11.7. The monoisotopic (exact) mass is 530 g/mol. The molecule has 10 nitrogen and oxygen atoms in total. The number of benzene rings is 2. The molecule has 3 N–H and O–H groups in total. The van der Waals surface area contributed by atoms with Gasteiger partial charge in [-0.3, -0.25) is 4.79 Å². The average Bonchev–Trinajstić information content (AvgIpc) is 3.64. The van der Waals surface area contributed by atoms with Gasteiger partial charge in [0.2, 0.25) is 21.8 Å². The molecule has 0 radical (unpaired) electrons. The summed E-state index contributed by atoms with van der Waals surface area (Å²) < 4.78 is 50.3. The number of nitrogens with zero attached hydrogens (tertiary/aromatic N) is 2. The first kappa shape index (κ1) is 26.3. The van der Waals surface area contributed by atoms with E-state index < -0.39 is 21.8 Å². The van der Waals surface area contributed by atoms with Crippen molar-refractivity contribution in [3.8, 4) is 17.3 Å². The molecule has 1 aromatic heterocycles. The Bertz CT molecular complexity index is 1470. The van der Waals surface area contributed by atoms with Gasteiger partial charge in [-0.15, -0.1) is 0 Å².